The van der Waals surface area contributed by atoms with E-state index in [1.165, 1.54) is 24.6 Å². The fourth-order valence-electron chi connectivity index (χ4n) is 3.99. The number of amides is 1. The van der Waals surface area contributed by atoms with Gasteiger partial charge in [-0.1, -0.05) is 13.0 Å². The standard InChI is InChI=1S/C20H27N3O2/c1-13-9-17-10-16(18(11-21)12-22-7-8-24)5-6-19(17)23(14(2)25)20(13)15-3-4-15/h5-6,10-13,15,20-22,24H,3-4,7-9H2,1-2H3/b18-12+,21-11?/t13?,20-/m1/s1. The fourth-order valence-corrected chi connectivity index (χ4v) is 3.99. The number of aliphatic hydroxyl groups is 1. The number of hydrogen-bond acceptors (Lipinski definition) is 4. The second-order valence-corrected chi connectivity index (χ2v) is 7.16. The van der Waals surface area contributed by atoms with Gasteiger partial charge < -0.3 is 20.7 Å². The van der Waals surface area contributed by atoms with E-state index in [-0.39, 0.29) is 12.5 Å². The van der Waals surface area contributed by atoms with Crippen LogP contribution in [-0.4, -0.2) is 36.4 Å². The molecule has 0 saturated heterocycles. The molecule has 1 amide bonds. The first kappa shape index (κ1) is 17.7. The number of allylic oxidation sites excluding steroid dienone is 1. The van der Waals surface area contributed by atoms with Crippen molar-refractivity contribution in [3.8, 4) is 0 Å². The molecule has 1 aromatic rings. The quantitative estimate of drug-likeness (QED) is 0.550. The molecule has 0 bridgehead atoms. The molecule has 134 valence electrons. The Labute approximate surface area is 149 Å². The molecule has 5 heteroatoms. The maximum absolute atomic E-state index is 12.3. The van der Waals surface area contributed by atoms with Gasteiger partial charge in [0, 0.05) is 43.2 Å². The summed E-state index contributed by atoms with van der Waals surface area (Å²) in [4.78, 5) is 14.3. The first-order valence-corrected chi connectivity index (χ1v) is 9.04. The number of benzene rings is 1. The largest absolute Gasteiger partial charge is 0.395 e. The molecular weight excluding hydrogens is 314 g/mol. The van der Waals surface area contributed by atoms with E-state index in [0.717, 1.165) is 23.2 Å². The zero-order chi connectivity index (χ0) is 18.0. The summed E-state index contributed by atoms with van der Waals surface area (Å²) in [6, 6.07) is 6.42. The van der Waals surface area contributed by atoms with Gasteiger partial charge in [0.2, 0.25) is 5.91 Å². The number of rotatable bonds is 6. The number of aliphatic hydroxyl groups excluding tert-OH is 1. The van der Waals surface area contributed by atoms with Crippen molar-refractivity contribution in [1.29, 1.82) is 5.41 Å². The van der Waals surface area contributed by atoms with Crippen molar-refractivity contribution in [3.05, 3.63) is 35.5 Å². The zero-order valence-corrected chi connectivity index (χ0v) is 15.0. The van der Waals surface area contributed by atoms with Crippen molar-refractivity contribution in [2.45, 2.75) is 39.2 Å². The molecule has 1 aliphatic carbocycles. The van der Waals surface area contributed by atoms with E-state index in [0.29, 0.717) is 24.4 Å². The lowest BCUT2D eigenvalue weighted by molar-refractivity contribution is -0.117. The van der Waals surface area contributed by atoms with E-state index in [4.69, 9.17) is 10.5 Å². The van der Waals surface area contributed by atoms with Crippen LogP contribution in [0.4, 0.5) is 5.69 Å². The highest BCUT2D eigenvalue weighted by Crippen LogP contribution is 2.45. The first-order valence-electron chi connectivity index (χ1n) is 9.04. The molecule has 0 aromatic heterocycles. The first-order chi connectivity index (χ1) is 12.1. The monoisotopic (exact) mass is 341 g/mol. The number of hydrogen-bond donors (Lipinski definition) is 3. The number of carbonyl (C=O) groups excluding carboxylic acids is 1. The van der Waals surface area contributed by atoms with Crippen LogP contribution >= 0.6 is 0 Å². The lowest BCUT2D eigenvalue weighted by Crippen LogP contribution is -2.48. The van der Waals surface area contributed by atoms with Crippen LogP contribution in [0.3, 0.4) is 0 Å². The maximum Gasteiger partial charge on any atom is 0.224 e. The molecular formula is C20H27N3O2. The Morgan fingerprint density at radius 1 is 1.44 bits per heavy atom. The van der Waals surface area contributed by atoms with Crippen LogP contribution in [0.25, 0.3) is 5.57 Å². The summed E-state index contributed by atoms with van der Waals surface area (Å²) in [6.07, 6.45) is 6.48. The summed E-state index contributed by atoms with van der Waals surface area (Å²) >= 11 is 0. The molecule has 1 saturated carbocycles. The average molecular weight is 341 g/mol. The van der Waals surface area contributed by atoms with Gasteiger partial charge in [-0.15, -0.1) is 0 Å². The van der Waals surface area contributed by atoms with E-state index in [2.05, 4.69) is 18.3 Å². The van der Waals surface area contributed by atoms with Gasteiger partial charge in [-0.05, 0) is 54.4 Å². The third-order valence-corrected chi connectivity index (χ3v) is 5.21. The minimum atomic E-state index is 0.0552. The number of fused-ring (bicyclic) bond motifs is 1. The van der Waals surface area contributed by atoms with Crippen molar-refractivity contribution in [3.63, 3.8) is 0 Å². The van der Waals surface area contributed by atoms with Gasteiger partial charge in [0.1, 0.15) is 0 Å². The average Bonchev–Trinajstić information content (AvgIpc) is 3.41. The van der Waals surface area contributed by atoms with Crippen LogP contribution in [-0.2, 0) is 11.2 Å². The third kappa shape index (κ3) is 3.61. The van der Waals surface area contributed by atoms with Crippen LogP contribution in [0.1, 0.15) is 37.8 Å². The van der Waals surface area contributed by atoms with Gasteiger partial charge in [0.05, 0.1) is 6.61 Å². The third-order valence-electron chi connectivity index (χ3n) is 5.21. The highest BCUT2D eigenvalue weighted by atomic mass is 16.3. The molecule has 1 aromatic carbocycles. The van der Waals surface area contributed by atoms with Crippen LogP contribution in [0.5, 0.6) is 0 Å². The molecule has 0 spiro atoms. The van der Waals surface area contributed by atoms with E-state index < -0.39 is 0 Å². The van der Waals surface area contributed by atoms with Crippen molar-refractivity contribution in [2.75, 3.05) is 18.1 Å². The minimum absolute atomic E-state index is 0.0552. The van der Waals surface area contributed by atoms with Gasteiger partial charge in [-0.25, -0.2) is 0 Å². The van der Waals surface area contributed by atoms with Gasteiger partial charge in [0.15, 0.2) is 0 Å². The second-order valence-electron chi connectivity index (χ2n) is 7.16. The highest BCUT2D eigenvalue weighted by Gasteiger charge is 2.43. The van der Waals surface area contributed by atoms with E-state index in [9.17, 15) is 4.79 Å². The summed E-state index contributed by atoms with van der Waals surface area (Å²) < 4.78 is 0. The molecule has 2 aliphatic rings. The van der Waals surface area contributed by atoms with Crippen molar-refractivity contribution < 1.29 is 9.90 Å². The lowest BCUT2D eigenvalue weighted by Gasteiger charge is -2.41. The lowest BCUT2D eigenvalue weighted by atomic mass is 9.83. The summed E-state index contributed by atoms with van der Waals surface area (Å²) in [6.45, 7) is 4.41. The summed E-state index contributed by atoms with van der Waals surface area (Å²) in [5.41, 5.74) is 3.92. The number of nitrogens with one attached hydrogen (secondary N) is 2. The van der Waals surface area contributed by atoms with Gasteiger partial charge in [0.25, 0.3) is 0 Å². The Bertz CT molecular complexity index is 694. The topological polar surface area (TPSA) is 76.4 Å². The van der Waals surface area contributed by atoms with Gasteiger partial charge >= 0.3 is 0 Å². The van der Waals surface area contributed by atoms with Crippen molar-refractivity contribution in [1.82, 2.24) is 5.32 Å². The molecule has 3 N–H and O–H groups in total. The summed E-state index contributed by atoms with van der Waals surface area (Å²) in [5, 5.41) is 19.5. The molecule has 1 unspecified atom stereocenters. The van der Waals surface area contributed by atoms with Crippen LogP contribution in [0.2, 0.25) is 0 Å². The molecule has 25 heavy (non-hydrogen) atoms. The van der Waals surface area contributed by atoms with E-state index in [1.54, 1.807) is 13.1 Å². The van der Waals surface area contributed by atoms with Crippen LogP contribution in [0.15, 0.2) is 24.4 Å². The zero-order valence-electron chi connectivity index (χ0n) is 15.0. The number of nitrogens with zero attached hydrogens (tertiary/aromatic N) is 1. The Morgan fingerprint density at radius 2 is 2.20 bits per heavy atom. The molecule has 1 aliphatic heterocycles. The fraction of sp³-hybridized carbons (Fsp3) is 0.500. The Hall–Kier alpha value is -2.14. The predicted octanol–water partition coefficient (Wildman–Crippen LogP) is 2.58. The maximum atomic E-state index is 12.3. The van der Waals surface area contributed by atoms with Crippen LogP contribution in [0, 0.1) is 17.2 Å². The van der Waals surface area contributed by atoms with E-state index in [1.807, 2.05) is 17.0 Å². The highest BCUT2D eigenvalue weighted by molar-refractivity contribution is 6.08. The Balaban J connectivity index is 1.94. The normalized spacial score (nSPS) is 23.2. The SMILES string of the molecule is CC(=O)N1c2ccc(/C(C=N)=C/NCCO)cc2CC(C)[C@@H]1C1CC1. The van der Waals surface area contributed by atoms with Gasteiger partial charge in [-0.3, -0.25) is 4.79 Å². The molecule has 5 nitrogen and oxygen atoms in total. The smallest absolute Gasteiger partial charge is 0.224 e. The molecule has 1 fully saturated rings. The second kappa shape index (κ2) is 7.40. The van der Waals surface area contributed by atoms with Gasteiger partial charge in [-0.2, -0.15) is 0 Å². The molecule has 1 heterocycles. The summed E-state index contributed by atoms with van der Waals surface area (Å²) in [7, 11) is 0. The molecule has 3 rings (SSSR count). The van der Waals surface area contributed by atoms with Crippen molar-refractivity contribution >= 4 is 23.4 Å². The number of carbonyl (C=O) groups is 1. The molecule has 2 atom stereocenters. The molecule has 0 radical (unpaired) electrons. The van der Waals surface area contributed by atoms with Crippen molar-refractivity contribution in [2.24, 2.45) is 11.8 Å². The predicted molar refractivity (Wildman–Crippen MR) is 101 cm³/mol. The summed E-state index contributed by atoms with van der Waals surface area (Å²) in [5.74, 6) is 1.20. The van der Waals surface area contributed by atoms with Crippen LogP contribution < -0.4 is 10.2 Å². The van der Waals surface area contributed by atoms with E-state index >= 15 is 0 Å². The Morgan fingerprint density at radius 3 is 2.80 bits per heavy atom. The minimum Gasteiger partial charge on any atom is -0.395 e. The number of anilines is 1. The Kier molecular flexibility index (Phi) is 5.23.